The van der Waals surface area contributed by atoms with Crippen molar-refractivity contribution in [3.8, 4) is 11.3 Å². The zero-order chi connectivity index (χ0) is 9.97. The number of oxazole rings is 1. The van der Waals surface area contributed by atoms with Crippen molar-refractivity contribution >= 4 is 0 Å². The Balaban J connectivity index is 2.39. The van der Waals surface area contributed by atoms with E-state index in [1.165, 1.54) is 18.4 Å². The Morgan fingerprint density at radius 1 is 1.43 bits per heavy atom. The zero-order valence-corrected chi connectivity index (χ0v) is 7.40. The van der Waals surface area contributed by atoms with Gasteiger partial charge in [0.25, 0.3) is 0 Å². The first kappa shape index (κ1) is 8.90. The number of rotatable bonds is 2. The van der Waals surface area contributed by atoms with Gasteiger partial charge in [-0.15, -0.1) is 0 Å². The van der Waals surface area contributed by atoms with Crippen molar-refractivity contribution in [2.24, 2.45) is 5.73 Å². The van der Waals surface area contributed by atoms with Crippen LogP contribution in [-0.2, 0) is 6.54 Å². The summed E-state index contributed by atoms with van der Waals surface area (Å²) in [5, 5.41) is 0. The van der Waals surface area contributed by atoms with Crippen LogP contribution in [0.2, 0.25) is 0 Å². The topological polar surface area (TPSA) is 52.0 Å². The lowest BCUT2D eigenvalue weighted by molar-refractivity contribution is 0.498. The maximum atomic E-state index is 12.9. The molecule has 1 aromatic heterocycles. The molecule has 0 spiro atoms. The van der Waals surface area contributed by atoms with E-state index in [4.69, 9.17) is 10.2 Å². The van der Waals surface area contributed by atoms with E-state index in [-0.39, 0.29) is 12.4 Å². The molecule has 1 heterocycles. The predicted octanol–water partition coefficient (Wildman–Crippen LogP) is 1.94. The lowest BCUT2D eigenvalue weighted by Gasteiger charge is -1.94. The van der Waals surface area contributed by atoms with Crippen molar-refractivity contribution < 1.29 is 8.81 Å². The van der Waals surface area contributed by atoms with Crippen LogP contribution in [0.4, 0.5) is 4.39 Å². The Morgan fingerprint density at radius 2 is 2.29 bits per heavy atom. The zero-order valence-electron chi connectivity index (χ0n) is 7.40. The SMILES string of the molecule is NCc1nc(-c2cccc(F)c2)co1. The average molecular weight is 192 g/mol. The largest absolute Gasteiger partial charge is 0.447 e. The Kier molecular flexibility index (Phi) is 2.28. The van der Waals surface area contributed by atoms with Crippen molar-refractivity contribution in [1.29, 1.82) is 0 Å². The first-order valence-corrected chi connectivity index (χ1v) is 4.20. The number of hydrogen-bond acceptors (Lipinski definition) is 3. The van der Waals surface area contributed by atoms with Gasteiger partial charge < -0.3 is 10.2 Å². The van der Waals surface area contributed by atoms with Gasteiger partial charge in [0, 0.05) is 5.56 Å². The molecule has 2 N–H and O–H groups in total. The van der Waals surface area contributed by atoms with Crippen LogP contribution in [0, 0.1) is 5.82 Å². The van der Waals surface area contributed by atoms with Gasteiger partial charge in [0.05, 0.1) is 6.54 Å². The van der Waals surface area contributed by atoms with E-state index in [9.17, 15) is 4.39 Å². The van der Waals surface area contributed by atoms with E-state index in [0.29, 0.717) is 17.1 Å². The van der Waals surface area contributed by atoms with E-state index in [1.54, 1.807) is 12.1 Å². The molecule has 0 aliphatic carbocycles. The second-order valence-electron chi connectivity index (χ2n) is 2.84. The van der Waals surface area contributed by atoms with Crippen LogP contribution in [-0.4, -0.2) is 4.98 Å². The van der Waals surface area contributed by atoms with Gasteiger partial charge in [-0.05, 0) is 12.1 Å². The van der Waals surface area contributed by atoms with E-state index in [0.717, 1.165) is 0 Å². The minimum Gasteiger partial charge on any atom is -0.447 e. The highest BCUT2D eigenvalue weighted by molar-refractivity contribution is 5.57. The summed E-state index contributed by atoms with van der Waals surface area (Å²) >= 11 is 0. The third-order valence-corrected chi connectivity index (χ3v) is 1.85. The van der Waals surface area contributed by atoms with Crippen molar-refractivity contribution in [1.82, 2.24) is 4.98 Å². The molecule has 0 saturated heterocycles. The van der Waals surface area contributed by atoms with Gasteiger partial charge >= 0.3 is 0 Å². The Bertz CT molecular complexity index is 439. The molecule has 0 radical (unpaired) electrons. The van der Waals surface area contributed by atoms with Crippen molar-refractivity contribution in [3.63, 3.8) is 0 Å². The highest BCUT2D eigenvalue weighted by atomic mass is 19.1. The highest BCUT2D eigenvalue weighted by Gasteiger charge is 2.04. The van der Waals surface area contributed by atoms with Gasteiger partial charge in [-0.1, -0.05) is 12.1 Å². The van der Waals surface area contributed by atoms with Gasteiger partial charge in [0.15, 0.2) is 0 Å². The second kappa shape index (κ2) is 3.59. The molecule has 3 nitrogen and oxygen atoms in total. The maximum Gasteiger partial charge on any atom is 0.208 e. The molecule has 0 saturated carbocycles. The standard InChI is InChI=1S/C10H9FN2O/c11-8-3-1-2-7(4-8)9-6-14-10(5-12)13-9/h1-4,6H,5,12H2. The van der Waals surface area contributed by atoms with E-state index < -0.39 is 0 Å². The molecular formula is C10H9FN2O. The molecule has 0 aliphatic rings. The second-order valence-corrected chi connectivity index (χ2v) is 2.84. The predicted molar refractivity (Wildman–Crippen MR) is 49.8 cm³/mol. The summed E-state index contributed by atoms with van der Waals surface area (Å²) in [4.78, 5) is 4.08. The maximum absolute atomic E-state index is 12.9. The molecule has 0 unspecified atom stereocenters. The summed E-state index contributed by atoms with van der Waals surface area (Å²) in [5.74, 6) is 0.157. The fraction of sp³-hybridized carbons (Fsp3) is 0.100. The van der Waals surface area contributed by atoms with Crippen LogP contribution < -0.4 is 5.73 Å². The summed E-state index contributed by atoms with van der Waals surface area (Å²) < 4.78 is 17.9. The molecule has 0 atom stereocenters. The van der Waals surface area contributed by atoms with Crippen LogP contribution in [0.1, 0.15) is 5.89 Å². The van der Waals surface area contributed by atoms with Gasteiger partial charge in [-0.3, -0.25) is 0 Å². The first-order valence-electron chi connectivity index (χ1n) is 4.20. The molecule has 0 bridgehead atoms. The molecule has 1 aromatic carbocycles. The number of benzene rings is 1. The molecule has 14 heavy (non-hydrogen) atoms. The molecule has 2 aromatic rings. The Labute approximate surface area is 80.4 Å². The fourth-order valence-electron chi connectivity index (χ4n) is 1.19. The molecule has 0 aliphatic heterocycles. The number of halogens is 1. The van der Waals surface area contributed by atoms with Crippen molar-refractivity contribution in [2.75, 3.05) is 0 Å². The number of nitrogens with zero attached hydrogens (tertiary/aromatic N) is 1. The monoisotopic (exact) mass is 192 g/mol. The quantitative estimate of drug-likeness (QED) is 0.791. The molecular weight excluding hydrogens is 183 g/mol. The lowest BCUT2D eigenvalue weighted by atomic mass is 10.2. The first-order chi connectivity index (χ1) is 6.79. The number of nitrogens with two attached hydrogens (primary N) is 1. The fourth-order valence-corrected chi connectivity index (χ4v) is 1.19. The van der Waals surface area contributed by atoms with E-state index >= 15 is 0 Å². The average Bonchev–Trinajstić information content (AvgIpc) is 2.66. The van der Waals surface area contributed by atoms with Crippen LogP contribution in [0.25, 0.3) is 11.3 Å². The summed E-state index contributed by atoms with van der Waals surface area (Å²) in [6.07, 6.45) is 1.47. The Morgan fingerprint density at radius 3 is 2.93 bits per heavy atom. The smallest absolute Gasteiger partial charge is 0.208 e. The minimum absolute atomic E-state index is 0.245. The minimum atomic E-state index is -0.292. The van der Waals surface area contributed by atoms with E-state index in [2.05, 4.69) is 4.98 Å². The molecule has 0 amide bonds. The highest BCUT2D eigenvalue weighted by Crippen LogP contribution is 2.18. The van der Waals surface area contributed by atoms with Crippen molar-refractivity contribution in [3.05, 3.63) is 42.2 Å². The third-order valence-electron chi connectivity index (χ3n) is 1.85. The summed E-state index contributed by atoms with van der Waals surface area (Å²) in [6.45, 7) is 0.245. The van der Waals surface area contributed by atoms with Crippen LogP contribution in [0.5, 0.6) is 0 Å². The number of aromatic nitrogens is 1. The molecule has 4 heteroatoms. The van der Waals surface area contributed by atoms with Gasteiger partial charge in [0.2, 0.25) is 5.89 Å². The van der Waals surface area contributed by atoms with Gasteiger partial charge in [0.1, 0.15) is 17.8 Å². The summed E-state index contributed by atoms with van der Waals surface area (Å²) in [6, 6.07) is 6.17. The summed E-state index contributed by atoms with van der Waals surface area (Å²) in [5.41, 5.74) is 6.63. The molecule has 72 valence electrons. The van der Waals surface area contributed by atoms with Crippen LogP contribution in [0.15, 0.2) is 34.9 Å². The summed E-state index contributed by atoms with van der Waals surface area (Å²) in [7, 11) is 0. The van der Waals surface area contributed by atoms with Crippen molar-refractivity contribution in [2.45, 2.75) is 6.54 Å². The van der Waals surface area contributed by atoms with Crippen LogP contribution in [0.3, 0.4) is 0 Å². The Hall–Kier alpha value is -1.68. The lowest BCUT2D eigenvalue weighted by Crippen LogP contribution is -1.95. The third kappa shape index (κ3) is 1.65. The van der Waals surface area contributed by atoms with E-state index in [1.807, 2.05) is 0 Å². The normalized spacial score (nSPS) is 10.4. The van der Waals surface area contributed by atoms with Crippen LogP contribution >= 0.6 is 0 Å². The molecule has 2 rings (SSSR count). The van der Waals surface area contributed by atoms with Gasteiger partial charge in [-0.25, -0.2) is 9.37 Å². The number of hydrogen-bond donors (Lipinski definition) is 1. The molecule has 0 fully saturated rings. The van der Waals surface area contributed by atoms with Gasteiger partial charge in [-0.2, -0.15) is 0 Å².